The molecule has 1 aliphatic rings. The van der Waals surface area contributed by atoms with E-state index in [1.165, 1.54) is 0 Å². The first-order valence-corrected chi connectivity index (χ1v) is 4.03. The zero-order valence-corrected chi connectivity index (χ0v) is 6.59. The van der Waals surface area contributed by atoms with Crippen molar-refractivity contribution in [2.24, 2.45) is 5.92 Å². The number of hydrogen-bond donors (Lipinski definition) is 0. The number of rotatable bonds is 2. The average Bonchev–Trinajstić information content (AvgIpc) is 2.03. The fourth-order valence-corrected chi connectivity index (χ4v) is 1.07. The van der Waals surface area contributed by atoms with Gasteiger partial charge < -0.3 is 0 Å². The highest BCUT2D eigenvalue weighted by atomic mass is 35.5. The van der Waals surface area contributed by atoms with Gasteiger partial charge in [-0.1, -0.05) is 36.5 Å². The van der Waals surface area contributed by atoms with Crippen molar-refractivity contribution < 1.29 is 0 Å². The molecule has 0 saturated heterocycles. The van der Waals surface area contributed by atoms with E-state index in [2.05, 4.69) is 30.4 Å². The first kappa shape index (κ1) is 7.62. The molecule has 54 valence electrons. The SMILES string of the molecule is ClCC=CC1C=CC=CC1. The van der Waals surface area contributed by atoms with E-state index in [1.54, 1.807) is 0 Å². The summed E-state index contributed by atoms with van der Waals surface area (Å²) in [5, 5.41) is 0. The van der Waals surface area contributed by atoms with Crippen LogP contribution in [0.2, 0.25) is 0 Å². The Morgan fingerprint density at radius 2 is 2.40 bits per heavy atom. The van der Waals surface area contributed by atoms with Crippen LogP contribution in [0.5, 0.6) is 0 Å². The Bertz CT molecular complexity index is 166. The molecule has 0 aromatic heterocycles. The maximum atomic E-state index is 5.49. The summed E-state index contributed by atoms with van der Waals surface area (Å²) in [6, 6.07) is 0. The van der Waals surface area contributed by atoms with Gasteiger partial charge in [0, 0.05) is 5.88 Å². The maximum Gasteiger partial charge on any atom is 0.0404 e. The summed E-state index contributed by atoms with van der Waals surface area (Å²) in [6.07, 6.45) is 13.8. The summed E-state index contributed by atoms with van der Waals surface area (Å²) in [5.74, 6) is 1.19. The standard InChI is InChI=1S/C9H11Cl/c10-8-4-7-9-5-2-1-3-6-9/h1-5,7,9H,6,8H2. The molecule has 0 bridgehead atoms. The van der Waals surface area contributed by atoms with E-state index < -0.39 is 0 Å². The van der Waals surface area contributed by atoms with Crippen LogP contribution in [-0.4, -0.2) is 5.88 Å². The molecule has 1 unspecified atom stereocenters. The molecule has 1 heteroatoms. The Balaban J connectivity index is 2.36. The number of hydrogen-bond acceptors (Lipinski definition) is 0. The smallest absolute Gasteiger partial charge is 0.0404 e. The molecule has 0 heterocycles. The Morgan fingerprint density at radius 3 is 3.00 bits per heavy atom. The van der Waals surface area contributed by atoms with Gasteiger partial charge in [0.2, 0.25) is 0 Å². The molecule has 0 amide bonds. The van der Waals surface area contributed by atoms with E-state index in [9.17, 15) is 0 Å². The van der Waals surface area contributed by atoms with E-state index in [1.807, 2.05) is 6.08 Å². The van der Waals surface area contributed by atoms with E-state index in [4.69, 9.17) is 11.6 Å². The van der Waals surface area contributed by atoms with E-state index in [0.717, 1.165) is 6.42 Å². The Hall–Kier alpha value is -0.490. The molecule has 0 fully saturated rings. The lowest BCUT2D eigenvalue weighted by Crippen LogP contribution is -1.91. The molecule has 1 atom stereocenters. The minimum Gasteiger partial charge on any atom is -0.122 e. The Labute approximate surface area is 66.9 Å². The molecule has 0 aliphatic heterocycles. The molecule has 1 aliphatic carbocycles. The second-order valence-electron chi connectivity index (χ2n) is 2.30. The van der Waals surface area contributed by atoms with Gasteiger partial charge in [0.15, 0.2) is 0 Å². The minimum absolute atomic E-state index is 0.573. The largest absolute Gasteiger partial charge is 0.122 e. The second kappa shape index (κ2) is 4.35. The van der Waals surface area contributed by atoms with Crippen LogP contribution < -0.4 is 0 Å². The fraction of sp³-hybridized carbons (Fsp3) is 0.333. The number of allylic oxidation sites excluding steroid dienone is 6. The quantitative estimate of drug-likeness (QED) is 0.424. The van der Waals surface area contributed by atoms with Crippen molar-refractivity contribution in [1.82, 2.24) is 0 Å². The summed E-state index contributed by atoms with van der Waals surface area (Å²) < 4.78 is 0. The van der Waals surface area contributed by atoms with E-state index in [0.29, 0.717) is 11.8 Å². The van der Waals surface area contributed by atoms with Crippen molar-refractivity contribution in [2.45, 2.75) is 6.42 Å². The van der Waals surface area contributed by atoms with Gasteiger partial charge >= 0.3 is 0 Å². The van der Waals surface area contributed by atoms with Crippen molar-refractivity contribution in [3.05, 3.63) is 36.5 Å². The molecule has 0 saturated carbocycles. The van der Waals surface area contributed by atoms with Crippen LogP contribution in [0.4, 0.5) is 0 Å². The first-order valence-electron chi connectivity index (χ1n) is 3.49. The molecule has 0 radical (unpaired) electrons. The lowest BCUT2D eigenvalue weighted by atomic mass is 10.0. The van der Waals surface area contributed by atoms with Crippen molar-refractivity contribution >= 4 is 11.6 Å². The van der Waals surface area contributed by atoms with Crippen LogP contribution in [0.1, 0.15) is 6.42 Å². The summed E-state index contributed by atoms with van der Waals surface area (Å²) in [6.45, 7) is 0. The minimum atomic E-state index is 0.573. The zero-order valence-electron chi connectivity index (χ0n) is 5.83. The van der Waals surface area contributed by atoms with Crippen LogP contribution in [0.15, 0.2) is 36.5 Å². The molecule has 0 spiro atoms. The van der Waals surface area contributed by atoms with Gasteiger partial charge in [0.05, 0.1) is 0 Å². The monoisotopic (exact) mass is 154 g/mol. The maximum absolute atomic E-state index is 5.49. The van der Waals surface area contributed by atoms with Crippen molar-refractivity contribution in [1.29, 1.82) is 0 Å². The highest BCUT2D eigenvalue weighted by Crippen LogP contribution is 2.12. The van der Waals surface area contributed by atoms with Gasteiger partial charge in [0.1, 0.15) is 0 Å². The van der Waals surface area contributed by atoms with Gasteiger partial charge in [-0.05, 0) is 12.3 Å². The van der Waals surface area contributed by atoms with Gasteiger partial charge in [-0.3, -0.25) is 0 Å². The van der Waals surface area contributed by atoms with Gasteiger partial charge in [-0.15, -0.1) is 11.6 Å². The molecular formula is C9H11Cl. The summed E-state index contributed by atoms with van der Waals surface area (Å²) in [7, 11) is 0. The van der Waals surface area contributed by atoms with Gasteiger partial charge in [-0.25, -0.2) is 0 Å². The van der Waals surface area contributed by atoms with Crippen LogP contribution >= 0.6 is 11.6 Å². The lowest BCUT2D eigenvalue weighted by molar-refractivity contribution is 0.821. The van der Waals surface area contributed by atoms with Crippen molar-refractivity contribution in [2.75, 3.05) is 5.88 Å². The number of alkyl halides is 1. The fourth-order valence-electron chi connectivity index (χ4n) is 0.969. The molecule has 0 aromatic carbocycles. The van der Waals surface area contributed by atoms with Crippen molar-refractivity contribution in [3.8, 4) is 0 Å². The topological polar surface area (TPSA) is 0 Å². The molecule has 10 heavy (non-hydrogen) atoms. The van der Waals surface area contributed by atoms with Crippen LogP contribution in [0.3, 0.4) is 0 Å². The molecule has 1 rings (SSSR count). The molecule has 0 N–H and O–H groups in total. The highest BCUT2D eigenvalue weighted by Gasteiger charge is 1.97. The van der Waals surface area contributed by atoms with Crippen LogP contribution in [-0.2, 0) is 0 Å². The lowest BCUT2D eigenvalue weighted by Gasteiger charge is -2.05. The third-order valence-electron chi connectivity index (χ3n) is 1.49. The predicted octanol–water partition coefficient (Wildman–Crippen LogP) is 2.91. The Kier molecular flexibility index (Phi) is 3.31. The molecule has 0 nitrogen and oxygen atoms in total. The van der Waals surface area contributed by atoms with Gasteiger partial charge in [-0.2, -0.15) is 0 Å². The highest BCUT2D eigenvalue weighted by molar-refractivity contribution is 6.18. The zero-order chi connectivity index (χ0) is 7.23. The predicted molar refractivity (Wildman–Crippen MR) is 46.2 cm³/mol. The summed E-state index contributed by atoms with van der Waals surface area (Å²) in [5.41, 5.74) is 0. The second-order valence-corrected chi connectivity index (χ2v) is 2.60. The van der Waals surface area contributed by atoms with Crippen LogP contribution in [0.25, 0.3) is 0 Å². The summed E-state index contributed by atoms with van der Waals surface area (Å²) in [4.78, 5) is 0. The number of halogens is 1. The van der Waals surface area contributed by atoms with Crippen molar-refractivity contribution in [3.63, 3.8) is 0 Å². The Morgan fingerprint density at radius 1 is 1.50 bits per heavy atom. The summed E-state index contributed by atoms with van der Waals surface area (Å²) >= 11 is 5.49. The first-order chi connectivity index (χ1) is 4.93. The van der Waals surface area contributed by atoms with Crippen LogP contribution in [0, 0.1) is 5.92 Å². The van der Waals surface area contributed by atoms with E-state index >= 15 is 0 Å². The normalized spacial score (nSPS) is 24.3. The third kappa shape index (κ3) is 2.40. The third-order valence-corrected chi connectivity index (χ3v) is 1.66. The van der Waals surface area contributed by atoms with Gasteiger partial charge in [0.25, 0.3) is 0 Å². The molecule has 0 aromatic rings. The molecular weight excluding hydrogens is 144 g/mol. The average molecular weight is 155 g/mol. The van der Waals surface area contributed by atoms with E-state index in [-0.39, 0.29) is 0 Å².